The molecule has 0 N–H and O–H groups in total. The number of aromatic nitrogens is 2. The van der Waals surface area contributed by atoms with Gasteiger partial charge in [0.2, 0.25) is 0 Å². The summed E-state index contributed by atoms with van der Waals surface area (Å²) in [7, 11) is 0. The smallest absolute Gasteiger partial charge is 0.266 e. The summed E-state index contributed by atoms with van der Waals surface area (Å²) in [6, 6.07) is 11.3. The van der Waals surface area contributed by atoms with Crippen molar-refractivity contribution in [3.63, 3.8) is 0 Å². The highest BCUT2D eigenvalue weighted by Gasteiger charge is 2.17. The first-order chi connectivity index (χ1) is 14.0. The number of aryl methyl sites for hydroxylation is 1. The molecule has 1 saturated heterocycles. The van der Waals surface area contributed by atoms with Gasteiger partial charge in [0, 0.05) is 30.4 Å². The van der Waals surface area contributed by atoms with Crippen molar-refractivity contribution in [2.45, 2.75) is 19.0 Å². The predicted octanol–water partition coefficient (Wildman–Crippen LogP) is 4.08. The summed E-state index contributed by atoms with van der Waals surface area (Å²) in [4.78, 5) is 20.6. The highest BCUT2D eigenvalue weighted by atomic mass is 35.5. The highest BCUT2D eigenvalue weighted by molar-refractivity contribution is 7.99. The van der Waals surface area contributed by atoms with Gasteiger partial charge < -0.3 is 4.74 Å². The van der Waals surface area contributed by atoms with Crippen LogP contribution in [0.4, 0.5) is 0 Å². The van der Waals surface area contributed by atoms with Crippen molar-refractivity contribution < 1.29 is 4.74 Å². The molecule has 2 aromatic carbocycles. The Labute approximate surface area is 179 Å². The first-order valence-electron chi connectivity index (χ1n) is 9.76. The molecule has 5 nitrogen and oxygen atoms in total. The molecule has 0 amide bonds. The number of hydrogen-bond acceptors (Lipinski definition) is 5. The average molecular weight is 430 g/mol. The van der Waals surface area contributed by atoms with Crippen molar-refractivity contribution in [3.05, 3.63) is 62.9 Å². The average Bonchev–Trinajstić information content (AvgIpc) is 2.71. The Balaban J connectivity index is 1.75. The number of rotatable bonds is 5. The van der Waals surface area contributed by atoms with E-state index in [1.807, 2.05) is 19.1 Å². The van der Waals surface area contributed by atoms with E-state index in [2.05, 4.69) is 17.9 Å². The fraction of sp³-hybridized carbons (Fsp3) is 0.364. The SMILES string of the molecule is Cc1cccc(-n2c(SCCN3CCOCC3)nc3cc(Cl)ccc3c2=O)c1C. The zero-order valence-corrected chi connectivity index (χ0v) is 18.2. The minimum atomic E-state index is -0.0609. The van der Waals surface area contributed by atoms with Crippen molar-refractivity contribution in [2.75, 3.05) is 38.6 Å². The molecule has 1 fully saturated rings. The molecule has 0 unspecified atom stereocenters. The van der Waals surface area contributed by atoms with Crippen molar-refractivity contribution in [1.29, 1.82) is 0 Å². The molecular weight excluding hydrogens is 406 g/mol. The summed E-state index contributed by atoms with van der Waals surface area (Å²) < 4.78 is 7.17. The molecule has 1 aliphatic rings. The molecule has 1 aromatic heterocycles. The van der Waals surface area contributed by atoms with Gasteiger partial charge in [0.15, 0.2) is 5.16 Å². The van der Waals surface area contributed by atoms with Gasteiger partial charge in [-0.15, -0.1) is 0 Å². The number of thioether (sulfide) groups is 1. The Bertz CT molecular complexity index is 1090. The van der Waals surface area contributed by atoms with E-state index in [0.29, 0.717) is 21.1 Å². The topological polar surface area (TPSA) is 47.4 Å². The molecule has 0 atom stereocenters. The molecule has 0 spiro atoms. The maximum atomic E-state index is 13.4. The first kappa shape index (κ1) is 20.4. The van der Waals surface area contributed by atoms with Gasteiger partial charge in [0.25, 0.3) is 5.56 Å². The van der Waals surface area contributed by atoms with E-state index in [1.54, 1.807) is 34.5 Å². The number of fused-ring (bicyclic) bond motifs is 1. The van der Waals surface area contributed by atoms with Gasteiger partial charge >= 0.3 is 0 Å². The molecule has 152 valence electrons. The normalized spacial score (nSPS) is 15.1. The van der Waals surface area contributed by atoms with Gasteiger partial charge in [-0.25, -0.2) is 4.98 Å². The Kier molecular flexibility index (Phi) is 6.25. The third-order valence-corrected chi connectivity index (χ3v) is 6.51. The van der Waals surface area contributed by atoms with E-state index >= 15 is 0 Å². The lowest BCUT2D eigenvalue weighted by atomic mass is 10.1. The Morgan fingerprint density at radius 2 is 1.97 bits per heavy atom. The number of benzene rings is 2. The van der Waals surface area contributed by atoms with Gasteiger partial charge in [0.05, 0.1) is 29.8 Å². The number of hydrogen-bond donors (Lipinski definition) is 0. The summed E-state index contributed by atoms with van der Waals surface area (Å²) in [5.41, 5.74) is 3.69. The van der Waals surface area contributed by atoms with Crippen LogP contribution in [0.15, 0.2) is 46.3 Å². The molecule has 7 heteroatoms. The summed E-state index contributed by atoms with van der Waals surface area (Å²) in [6.07, 6.45) is 0. The fourth-order valence-electron chi connectivity index (χ4n) is 3.52. The number of morpholine rings is 1. The lowest BCUT2D eigenvalue weighted by molar-refractivity contribution is 0.0410. The van der Waals surface area contributed by atoms with Crippen LogP contribution in [0.5, 0.6) is 0 Å². The van der Waals surface area contributed by atoms with Crippen LogP contribution in [-0.4, -0.2) is 53.1 Å². The van der Waals surface area contributed by atoms with Crippen LogP contribution >= 0.6 is 23.4 Å². The molecule has 0 saturated carbocycles. The first-order valence-corrected chi connectivity index (χ1v) is 11.1. The molecule has 29 heavy (non-hydrogen) atoms. The van der Waals surface area contributed by atoms with E-state index in [9.17, 15) is 4.79 Å². The summed E-state index contributed by atoms with van der Waals surface area (Å²) in [5.74, 6) is 0.851. The van der Waals surface area contributed by atoms with Crippen molar-refractivity contribution in [2.24, 2.45) is 0 Å². The fourth-order valence-corrected chi connectivity index (χ4v) is 4.69. The quantitative estimate of drug-likeness (QED) is 0.451. The van der Waals surface area contributed by atoms with E-state index in [1.165, 1.54) is 0 Å². The number of halogens is 1. The van der Waals surface area contributed by atoms with Crippen LogP contribution in [-0.2, 0) is 4.74 Å². The molecule has 1 aliphatic heterocycles. The third kappa shape index (κ3) is 4.36. The number of ether oxygens (including phenoxy) is 1. The predicted molar refractivity (Wildman–Crippen MR) is 120 cm³/mol. The minimum absolute atomic E-state index is 0.0609. The van der Waals surface area contributed by atoms with Gasteiger partial charge in [-0.1, -0.05) is 35.5 Å². The monoisotopic (exact) mass is 429 g/mol. The van der Waals surface area contributed by atoms with Crippen LogP contribution in [0.3, 0.4) is 0 Å². The second kappa shape index (κ2) is 8.88. The third-order valence-electron chi connectivity index (χ3n) is 5.36. The second-order valence-electron chi connectivity index (χ2n) is 7.22. The largest absolute Gasteiger partial charge is 0.379 e. The molecule has 2 heterocycles. The van der Waals surface area contributed by atoms with Crippen molar-refractivity contribution in [3.8, 4) is 5.69 Å². The van der Waals surface area contributed by atoms with E-state index in [0.717, 1.165) is 55.4 Å². The van der Waals surface area contributed by atoms with Crippen LogP contribution in [0, 0.1) is 13.8 Å². The standard InChI is InChI=1S/C22H24ClN3O2S/c1-15-4-3-5-20(16(15)2)26-21(27)18-7-6-17(23)14-19(18)24-22(26)29-13-10-25-8-11-28-12-9-25/h3-7,14H,8-13H2,1-2H3. The molecule has 3 aromatic rings. The number of nitrogens with zero attached hydrogens (tertiary/aromatic N) is 3. The molecular formula is C22H24ClN3O2S. The summed E-state index contributed by atoms with van der Waals surface area (Å²) in [6.45, 7) is 8.50. The lowest BCUT2D eigenvalue weighted by Crippen LogP contribution is -2.37. The second-order valence-corrected chi connectivity index (χ2v) is 8.72. The van der Waals surface area contributed by atoms with E-state index in [4.69, 9.17) is 21.3 Å². The summed E-state index contributed by atoms with van der Waals surface area (Å²) >= 11 is 7.77. The van der Waals surface area contributed by atoms with Crippen molar-refractivity contribution in [1.82, 2.24) is 14.5 Å². The molecule has 0 bridgehead atoms. The maximum Gasteiger partial charge on any atom is 0.266 e. The maximum absolute atomic E-state index is 13.4. The van der Waals surface area contributed by atoms with Crippen LogP contribution in [0.1, 0.15) is 11.1 Å². The van der Waals surface area contributed by atoms with E-state index < -0.39 is 0 Å². The van der Waals surface area contributed by atoms with Crippen molar-refractivity contribution >= 4 is 34.3 Å². The Hall–Kier alpha value is -1.86. The van der Waals surface area contributed by atoms with Gasteiger partial charge in [-0.05, 0) is 49.2 Å². The highest BCUT2D eigenvalue weighted by Crippen LogP contribution is 2.25. The molecule has 0 radical (unpaired) electrons. The van der Waals surface area contributed by atoms with Crippen LogP contribution in [0.2, 0.25) is 5.02 Å². The van der Waals surface area contributed by atoms with E-state index in [-0.39, 0.29) is 5.56 Å². The van der Waals surface area contributed by atoms with Gasteiger partial charge in [-0.2, -0.15) is 0 Å². The molecule has 4 rings (SSSR count). The van der Waals surface area contributed by atoms with Gasteiger partial charge in [-0.3, -0.25) is 14.3 Å². The zero-order valence-electron chi connectivity index (χ0n) is 16.7. The van der Waals surface area contributed by atoms with Crippen LogP contribution in [0.25, 0.3) is 16.6 Å². The molecule has 0 aliphatic carbocycles. The van der Waals surface area contributed by atoms with Gasteiger partial charge in [0.1, 0.15) is 0 Å². The summed E-state index contributed by atoms with van der Waals surface area (Å²) in [5, 5.41) is 1.86. The lowest BCUT2D eigenvalue weighted by Gasteiger charge is -2.26. The minimum Gasteiger partial charge on any atom is -0.379 e. The van der Waals surface area contributed by atoms with Crippen LogP contribution < -0.4 is 5.56 Å². The zero-order chi connectivity index (χ0) is 20.4. The Morgan fingerprint density at radius 1 is 1.17 bits per heavy atom. The Morgan fingerprint density at radius 3 is 2.76 bits per heavy atom.